The van der Waals surface area contributed by atoms with Gasteiger partial charge in [-0.05, 0) is 12.8 Å². The number of alkyl halides is 3. The number of hydrogen-bond acceptors (Lipinski definition) is 3. The Labute approximate surface area is 143 Å². The molecule has 1 amide bonds. The van der Waals surface area contributed by atoms with Gasteiger partial charge in [-0.3, -0.25) is 4.79 Å². The Morgan fingerprint density at radius 3 is 2.56 bits per heavy atom. The van der Waals surface area contributed by atoms with Gasteiger partial charge in [-0.25, -0.2) is 0 Å². The Morgan fingerprint density at radius 1 is 1.20 bits per heavy atom. The number of carbonyl (C=O) groups is 1. The van der Waals surface area contributed by atoms with Gasteiger partial charge in [-0.2, -0.15) is 13.2 Å². The largest absolute Gasteiger partial charge is 0.393 e. The lowest BCUT2D eigenvalue weighted by atomic mass is 9.83. The smallest absolute Gasteiger partial charge is 0.355 e. The number of nitrogens with zero attached hydrogens (tertiary/aromatic N) is 2. The van der Waals surface area contributed by atoms with Crippen LogP contribution in [0.1, 0.15) is 36.2 Å². The monoisotopic (exact) mass is 352 g/mol. The predicted octanol–water partition coefficient (Wildman–Crippen LogP) is 4.53. The van der Waals surface area contributed by atoms with Crippen molar-refractivity contribution in [3.05, 3.63) is 42.1 Å². The minimum Gasteiger partial charge on any atom is -0.355 e. The van der Waals surface area contributed by atoms with Crippen LogP contribution in [0.2, 0.25) is 0 Å². The standard InChI is InChI=1S/C18H19F3N2O2/c1-23(15-10-6-5-9-13(15)18(19,20)21)17(24)14-11-16(25-22-14)12-7-3-2-4-8-12/h2-4,7-8,11,13,15H,5-6,9-10H2,1H3/t13-,15+/m1/s1. The summed E-state index contributed by atoms with van der Waals surface area (Å²) in [6.45, 7) is 0. The minimum atomic E-state index is -4.31. The zero-order chi connectivity index (χ0) is 18.0. The van der Waals surface area contributed by atoms with E-state index in [1.54, 1.807) is 12.1 Å². The molecule has 2 aromatic rings. The molecular formula is C18H19F3N2O2. The molecule has 1 saturated carbocycles. The molecule has 1 aliphatic rings. The number of benzene rings is 1. The van der Waals surface area contributed by atoms with E-state index in [0.29, 0.717) is 25.0 Å². The maximum absolute atomic E-state index is 13.3. The molecule has 0 N–H and O–H groups in total. The number of carbonyl (C=O) groups excluding carboxylic acids is 1. The van der Waals surface area contributed by atoms with Crippen LogP contribution in [-0.4, -0.2) is 35.2 Å². The van der Waals surface area contributed by atoms with Crippen molar-refractivity contribution in [1.82, 2.24) is 10.1 Å². The molecule has 1 heterocycles. The van der Waals surface area contributed by atoms with Crippen molar-refractivity contribution in [2.24, 2.45) is 5.92 Å². The second-order valence-electron chi connectivity index (χ2n) is 6.36. The first kappa shape index (κ1) is 17.5. The minimum absolute atomic E-state index is 0.0212. The van der Waals surface area contributed by atoms with E-state index in [4.69, 9.17) is 4.52 Å². The van der Waals surface area contributed by atoms with Crippen LogP contribution in [0.5, 0.6) is 0 Å². The summed E-state index contributed by atoms with van der Waals surface area (Å²) >= 11 is 0. The highest BCUT2D eigenvalue weighted by molar-refractivity contribution is 5.93. The van der Waals surface area contributed by atoms with Gasteiger partial charge in [0.15, 0.2) is 11.5 Å². The number of halogens is 3. The van der Waals surface area contributed by atoms with E-state index < -0.39 is 24.0 Å². The molecule has 1 aliphatic carbocycles. The molecular weight excluding hydrogens is 333 g/mol. The fourth-order valence-electron chi connectivity index (χ4n) is 3.40. The molecule has 134 valence electrons. The van der Waals surface area contributed by atoms with Crippen molar-refractivity contribution in [2.75, 3.05) is 7.05 Å². The van der Waals surface area contributed by atoms with Gasteiger partial charge in [0.05, 0.1) is 5.92 Å². The van der Waals surface area contributed by atoms with Gasteiger partial charge in [0, 0.05) is 24.7 Å². The number of rotatable bonds is 3. The lowest BCUT2D eigenvalue weighted by molar-refractivity contribution is -0.195. The van der Waals surface area contributed by atoms with Gasteiger partial charge >= 0.3 is 6.18 Å². The Kier molecular flexibility index (Phi) is 4.83. The molecule has 4 nitrogen and oxygen atoms in total. The molecule has 2 atom stereocenters. The van der Waals surface area contributed by atoms with Crippen LogP contribution >= 0.6 is 0 Å². The van der Waals surface area contributed by atoms with Crippen molar-refractivity contribution in [1.29, 1.82) is 0 Å². The van der Waals surface area contributed by atoms with E-state index in [2.05, 4.69) is 5.16 Å². The van der Waals surface area contributed by atoms with Gasteiger partial charge in [-0.15, -0.1) is 0 Å². The summed E-state index contributed by atoms with van der Waals surface area (Å²) in [7, 11) is 1.41. The summed E-state index contributed by atoms with van der Waals surface area (Å²) in [5.41, 5.74) is 0.774. The topological polar surface area (TPSA) is 46.3 Å². The molecule has 7 heteroatoms. The third-order valence-electron chi connectivity index (χ3n) is 4.76. The summed E-state index contributed by atoms with van der Waals surface area (Å²) in [6.07, 6.45) is -2.69. The fourth-order valence-corrected chi connectivity index (χ4v) is 3.40. The van der Waals surface area contributed by atoms with Crippen LogP contribution in [0.25, 0.3) is 11.3 Å². The molecule has 0 unspecified atom stereocenters. The van der Waals surface area contributed by atoms with Crippen molar-refractivity contribution < 1.29 is 22.5 Å². The van der Waals surface area contributed by atoms with Gasteiger partial charge in [0.25, 0.3) is 5.91 Å². The molecule has 1 aromatic carbocycles. The van der Waals surface area contributed by atoms with Crippen LogP contribution < -0.4 is 0 Å². The molecule has 3 rings (SSSR count). The molecule has 0 aliphatic heterocycles. The molecule has 0 radical (unpaired) electrons. The van der Waals surface area contributed by atoms with E-state index in [-0.39, 0.29) is 12.1 Å². The van der Waals surface area contributed by atoms with Crippen molar-refractivity contribution >= 4 is 5.91 Å². The van der Waals surface area contributed by atoms with E-state index in [1.807, 2.05) is 18.2 Å². The average molecular weight is 352 g/mol. The highest BCUT2D eigenvalue weighted by Gasteiger charge is 2.47. The number of amides is 1. The van der Waals surface area contributed by atoms with Gasteiger partial charge in [-0.1, -0.05) is 48.3 Å². The highest BCUT2D eigenvalue weighted by Crippen LogP contribution is 2.40. The SMILES string of the molecule is CN(C(=O)c1cc(-c2ccccc2)on1)[C@H]1CCCC[C@H]1C(F)(F)F. The third kappa shape index (κ3) is 3.70. The van der Waals surface area contributed by atoms with E-state index in [1.165, 1.54) is 18.0 Å². The molecule has 0 bridgehead atoms. The molecule has 1 aromatic heterocycles. The van der Waals surface area contributed by atoms with Crippen LogP contribution in [0.4, 0.5) is 13.2 Å². The zero-order valence-corrected chi connectivity index (χ0v) is 13.8. The zero-order valence-electron chi connectivity index (χ0n) is 13.8. The van der Waals surface area contributed by atoms with Crippen molar-refractivity contribution in [3.63, 3.8) is 0 Å². The van der Waals surface area contributed by atoms with Crippen molar-refractivity contribution in [2.45, 2.75) is 37.9 Å². The maximum atomic E-state index is 13.3. The normalized spacial score (nSPS) is 21.1. The lowest BCUT2D eigenvalue weighted by Crippen LogP contribution is -2.48. The van der Waals surface area contributed by atoms with E-state index >= 15 is 0 Å². The highest BCUT2D eigenvalue weighted by atomic mass is 19.4. The lowest BCUT2D eigenvalue weighted by Gasteiger charge is -2.38. The summed E-state index contributed by atoms with van der Waals surface area (Å²) < 4.78 is 45.0. The number of hydrogen-bond donors (Lipinski definition) is 0. The second kappa shape index (κ2) is 6.90. The first-order valence-electron chi connectivity index (χ1n) is 8.24. The Morgan fingerprint density at radius 2 is 1.88 bits per heavy atom. The molecule has 1 fully saturated rings. The quantitative estimate of drug-likeness (QED) is 0.815. The first-order chi connectivity index (χ1) is 11.9. The fraction of sp³-hybridized carbons (Fsp3) is 0.444. The Balaban J connectivity index is 1.79. The van der Waals surface area contributed by atoms with Gasteiger partial charge < -0.3 is 9.42 Å². The Bertz CT molecular complexity index is 727. The summed E-state index contributed by atoms with van der Waals surface area (Å²) in [5, 5.41) is 3.75. The number of aromatic nitrogens is 1. The molecule has 25 heavy (non-hydrogen) atoms. The van der Waals surface area contributed by atoms with E-state index in [9.17, 15) is 18.0 Å². The van der Waals surface area contributed by atoms with Crippen LogP contribution in [0.15, 0.2) is 40.9 Å². The average Bonchev–Trinajstić information content (AvgIpc) is 3.10. The summed E-state index contributed by atoms with van der Waals surface area (Å²) in [4.78, 5) is 13.8. The third-order valence-corrected chi connectivity index (χ3v) is 4.76. The van der Waals surface area contributed by atoms with Crippen LogP contribution in [0.3, 0.4) is 0 Å². The van der Waals surface area contributed by atoms with Crippen LogP contribution in [0, 0.1) is 5.92 Å². The van der Waals surface area contributed by atoms with Crippen molar-refractivity contribution in [3.8, 4) is 11.3 Å². The second-order valence-corrected chi connectivity index (χ2v) is 6.36. The summed E-state index contributed by atoms with van der Waals surface area (Å²) in [5.74, 6) is -1.63. The summed E-state index contributed by atoms with van der Waals surface area (Å²) in [6, 6.07) is 9.71. The maximum Gasteiger partial charge on any atom is 0.393 e. The van der Waals surface area contributed by atoms with Gasteiger partial charge in [0.2, 0.25) is 0 Å². The molecule has 0 saturated heterocycles. The first-order valence-corrected chi connectivity index (χ1v) is 8.24. The van der Waals surface area contributed by atoms with Crippen LogP contribution in [-0.2, 0) is 0 Å². The predicted molar refractivity (Wildman–Crippen MR) is 85.8 cm³/mol. The van der Waals surface area contributed by atoms with Gasteiger partial charge in [0.1, 0.15) is 0 Å². The Hall–Kier alpha value is -2.31. The van der Waals surface area contributed by atoms with E-state index in [0.717, 1.165) is 5.56 Å². The molecule has 0 spiro atoms.